The van der Waals surface area contributed by atoms with E-state index < -0.39 is 25.8 Å². The van der Waals surface area contributed by atoms with Gasteiger partial charge in [0.05, 0.1) is 17.7 Å². The minimum absolute atomic E-state index is 0.00683. The summed E-state index contributed by atoms with van der Waals surface area (Å²) in [5.41, 5.74) is -0.0670. The maximum atomic E-state index is 12.7. The molecule has 0 unspecified atom stereocenters. The third-order valence-electron chi connectivity index (χ3n) is 3.40. The van der Waals surface area contributed by atoms with Crippen LogP contribution in [0.15, 0.2) is 67.1 Å². The van der Waals surface area contributed by atoms with Crippen molar-refractivity contribution in [2.45, 2.75) is 9.79 Å². The number of phenols is 1. The maximum Gasteiger partial charge on any atom is 0.368 e. The van der Waals surface area contributed by atoms with Crippen molar-refractivity contribution >= 4 is 37.5 Å². The number of ether oxygens (including phenoxy) is 1. The highest BCUT2D eigenvalue weighted by atomic mass is 32.2. The number of anilines is 1. The molecule has 136 valence electrons. The predicted molar refractivity (Wildman–Crippen MR) is 94.4 cm³/mol. The molecule has 0 radical (unpaired) electrons. The zero-order chi connectivity index (χ0) is 18.9. The van der Waals surface area contributed by atoms with E-state index in [-0.39, 0.29) is 27.2 Å². The number of nitrogens with one attached hydrogen (secondary N) is 1. The van der Waals surface area contributed by atoms with Crippen molar-refractivity contribution in [1.29, 1.82) is 0 Å². The maximum absolute atomic E-state index is 12.7. The second kappa shape index (κ2) is 6.42. The van der Waals surface area contributed by atoms with Crippen molar-refractivity contribution < 1.29 is 26.7 Å². The van der Waals surface area contributed by atoms with Gasteiger partial charge in [0.25, 0.3) is 5.90 Å². The number of benzene rings is 2. The number of phenolic OH excluding ortho intramolecular Hbond substituents is 1. The number of nitrogens with zero attached hydrogens (tertiary/aromatic N) is 2. The van der Waals surface area contributed by atoms with Crippen molar-refractivity contribution in [3.05, 3.63) is 48.5 Å². The topological polar surface area (TPSA) is 134 Å². The Morgan fingerprint density at radius 2 is 1.73 bits per heavy atom. The highest BCUT2D eigenvalue weighted by Gasteiger charge is 2.28. The van der Waals surface area contributed by atoms with Crippen LogP contribution in [0.2, 0.25) is 0 Å². The van der Waals surface area contributed by atoms with Gasteiger partial charge >= 0.3 is 10.2 Å². The van der Waals surface area contributed by atoms with E-state index in [2.05, 4.69) is 14.1 Å². The van der Waals surface area contributed by atoms with Crippen molar-refractivity contribution in [2.75, 3.05) is 12.4 Å². The number of rotatable bonds is 3. The second-order valence-electron chi connectivity index (χ2n) is 5.08. The third-order valence-corrected chi connectivity index (χ3v) is 6.01. The largest absolute Gasteiger partial charge is 0.504 e. The van der Waals surface area contributed by atoms with Crippen molar-refractivity contribution in [3.8, 4) is 5.75 Å². The number of amidine groups is 1. The standard InChI is InChI=1S/C15H13N3O6S2/c1-24-15-14(17-26(22,23)18-15)16-11-8-5-9-12(13(11)19)25(20,21)10-6-3-2-4-7-10/h2-9,19H,1H3,(H,16,17). The van der Waals surface area contributed by atoms with E-state index in [1.165, 1.54) is 37.4 Å². The van der Waals surface area contributed by atoms with E-state index in [0.717, 1.165) is 0 Å². The summed E-state index contributed by atoms with van der Waals surface area (Å²) >= 11 is 0. The van der Waals surface area contributed by atoms with E-state index in [1.54, 1.807) is 18.2 Å². The molecule has 1 heterocycles. The smallest absolute Gasteiger partial charge is 0.368 e. The Balaban J connectivity index is 2.03. The minimum atomic E-state index is -4.08. The Hall–Kier alpha value is -2.92. The van der Waals surface area contributed by atoms with Gasteiger partial charge in [0.2, 0.25) is 15.7 Å². The predicted octanol–water partition coefficient (Wildman–Crippen LogP) is 1.34. The zero-order valence-corrected chi connectivity index (χ0v) is 15.0. The zero-order valence-electron chi connectivity index (χ0n) is 13.3. The molecule has 0 aromatic heterocycles. The first-order valence-electron chi connectivity index (χ1n) is 7.13. The summed E-state index contributed by atoms with van der Waals surface area (Å²) in [7, 11) is -6.86. The van der Waals surface area contributed by atoms with Crippen LogP contribution in [0.5, 0.6) is 5.75 Å². The average Bonchev–Trinajstić information content (AvgIpc) is 2.91. The quantitative estimate of drug-likeness (QED) is 0.749. The van der Waals surface area contributed by atoms with E-state index in [4.69, 9.17) is 4.74 Å². The lowest BCUT2D eigenvalue weighted by Gasteiger charge is -2.12. The lowest BCUT2D eigenvalue weighted by Crippen LogP contribution is -2.22. The average molecular weight is 395 g/mol. The van der Waals surface area contributed by atoms with Gasteiger partial charge in [-0.25, -0.2) is 8.42 Å². The molecule has 0 amide bonds. The lowest BCUT2D eigenvalue weighted by molar-refractivity contribution is 0.412. The summed E-state index contributed by atoms with van der Waals surface area (Å²) in [6.07, 6.45) is 0. The van der Waals surface area contributed by atoms with Crippen molar-refractivity contribution in [2.24, 2.45) is 8.80 Å². The second-order valence-corrected chi connectivity index (χ2v) is 8.26. The van der Waals surface area contributed by atoms with Crippen LogP contribution in [-0.4, -0.2) is 40.8 Å². The Morgan fingerprint density at radius 1 is 1.04 bits per heavy atom. The Bertz CT molecular complexity index is 1120. The lowest BCUT2D eigenvalue weighted by atomic mass is 10.3. The summed E-state index contributed by atoms with van der Waals surface area (Å²) in [5.74, 6) is -1.16. The van der Waals surface area contributed by atoms with Crippen LogP contribution >= 0.6 is 0 Å². The monoisotopic (exact) mass is 395 g/mol. The Kier molecular flexibility index (Phi) is 4.42. The van der Waals surface area contributed by atoms with Gasteiger partial charge in [-0.2, -0.15) is 8.42 Å². The van der Waals surface area contributed by atoms with Gasteiger partial charge in [-0.3, -0.25) is 0 Å². The van der Waals surface area contributed by atoms with Crippen LogP contribution in [0, 0.1) is 0 Å². The molecule has 0 atom stereocenters. The van der Waals surface area contributed by atoms with Gasteiger partial charge in [0.1, 0.15) is 4.90 Å². The van der Waals surface area contributed by atoms with E-state index in [9.17, 15) is 21.9 Å². The van der Waals surface area contributed by atoms with Crippen molar-refractivity contribution in [3.63, 3.8) is 0 Å². The molecule has 2 aromatic carbocycles. The molecular weight excluding hydrogens is 382 g/mol. The Morgan fingerprint density at radius 3 is 2.38 bits per heavy atom. The number of hydrogen-bond donors (Lipinski definition) is 2. The molecule has 1 aliphatic heterocycles. The summed E-state index contributed by atoms with van der Waals surface area (Å²) in [6.45, 7) is 0. The molecule has 0 saturated carbocycles. The van der Waals surface area contributed by atoms with Crippen LogP contribution in [0.4, 0.5) is 5.69 Å². The van der Waals surface area contributed by atoms with Crippen LogP contribution in [0.1, 0.15) is 0 Å². The van der Waals surface area contributed by atoms with Gasteiger partial charge in [0.15, 0.2) is 5.75 Å². The number of methoxy groups -OCH3 is 1. The number of aromatic hydroxyl groups is 1. The molecule has 0 fully saturated rings. The van der Waals surface area contributed by atoms with Crippen LogP contribution in [0.25, 0.3) is 0 Å². The first-order chi connectivity index (χ1) is 12.2. The third kappa shape index (κ3) is 3.26. The summed E-state index contributed by atoms with van der Waals surface area (Å²) in [5, 5.41) is 12.9. The molecule has 1 aliphatic rings. The number of sulfone groups is 1. The number of hydrogen-bond acceptors (Lipinski definition) is 7. The van der Waals surface area contributed by atoms with Crippen molar-refractivity contribution in [1.82, 2.24) is 0 Å². The fraction of sp³-hybridized carbons (Fsp3) is 0.0667. The van der Waals surface area contributed by atoms with E-state index >= 15 is 0 Å². The van der Waals surface area contributed by atoms with Crippen LogP contribution in [-0.2, 0) is 24.8 Å². The first kappa shape index (κ1) is 17.9. The van der Waals surface area contributed by atoms with Crippen LogP contribution < -0.4 is 5.32 Å². The normalized spacial score (nSPS) is 15.9. The van der Waals surface area contributed by atoms with E-state index in [1.807, 2.05) is 0 Å². The molecule has 0 bridgehead atoms. The molecular formula is C15H13N3O6S2. The summed E-state index contributed by atoms with van der Waals surface area (Å²) in [4.78, 5) is -0.335. The van der Waals surface area contributed by atoms with Gasteiger partial charge in [0, 0.05) is 0 Å². The van der Waals surface area contributed by atoms with Crippen LogP contribution in [0.3, 0.4) is 0 Å². The minimum Gasteiger partial charge on any atom is -0.504 e. The molecule has 0 aliphatic carbocycles. The molecule has 2 aromatic rings. The highest BCUT2D eigenvalue weighted by Crippen LogP contribution is 2.34. The Labute approximate surface area is 149 Å². The highest BCUT2D eigenvalue weighted by molar-refractivity contribution is 7.91. The molecule has 9 nitrogen and oxygen atoms in total. The molecule has 3 rings (SSSR count). The molecule has 0 spiro atoms. The molecule has 11 heteroatoms. The van der Waals surface area contributed by atoms with Gasteiger partial charge < -0.3 is 15.2 Å². The van der Waals surface area contributed by atoms with E-state index in [0.29, 0.717) is 0 Å². The van der Waals surface area contributed by atoms with Gasteiger partial charge in [-0.05, 0) is 24.3 Å². The summed E-state index contributed by atoms with van der Waals surface area (Å²) < 4.78 is 59.7. The molecule has 2 N–H and O–H groups in total. The fourth-order valence-corrected chi connectivity index (χ4v) is 4.38. The summed E-state index contributed by atoms with van der Waals surface area (Å²) in [6, 6.07) is 11.6. The SMILES string of the molecule is COC1=NS(=O)(=O)N=C1Nc1cccc(S(=O)(=O)c2ccccc2)c1O. The molecule has 26 heavy (non-hydrogen) atoms. The van der Waals surface area contributed by atoms with Gasteiger partial charge in [-0.15, -0.1) is 8.80 Å². The van der Waals surface area contributed by atoms with Gasteiger partial charge in [-0.1, -0.05) is 24.3 Å². The fourth-order valence-electron chi connectivity index (χ4n) is 2.23. The first-order valence-corrected chi connectivity index (χ1v) is 10.0. The number of para-hydroxylation sites is 1. The molecule has 0 saturated heterocycles.